The Morgan fingerprint density at radius 3 is 3.11 bits per heavy atom. The highest BCUT2D eigenvalue weighted by Gasteiger charge is 2.29. The molecule has 1 aliphatic heterocycles. The second-order valence-electron chi connectivity index (χ2n) is 5.19. The van der Waals surface area contributed by atoms with Crippen molar-refractivity contribution in [1.29, 1.82) is 0 Å². The van der Waals surface area contributed by atoms with Crippen LogP contribution in [0.15, 0.2) is 6.33 Å². The molecule has 19 heavy (non-hydrogen) atoms. The van der Waals surface area contributed by atoms with E-state index in [9.17, 15) is 0 Å². The zero-order valence-electron chi connectivity index (χ0n) is 11.0. The number of ether oxygens (including phenoxy) is 1. The summed E-state index contributed by atoms with van der Waals surface area (Å²) in [6.07, 6.45) is 3.56. The van der Waals surface area contributed by atoms with Gasteiger partial charge in [0.05, 0.1) is 12.1 Å². The molecule has 0 radical (unpaired) electrons. The van der Waals surface area contributed by atoms with Crippen molar-refractivity contribution in [3.8, 4) is 0 Å². The first-order valence-corrected chi connectivity index (χ1v) is 6.69. The quantitative estimate of drug-likeness (QED) is 0.854. The van der Waals surface area contributed by atoms with E-state index in [0.717, 1.165) is 30.8 Å². The van der Waals surface area contributed by atoms with Gasteiger partial charge in [0.1, 0.15) is 17.3 Å². The normalized spacial score (nSPS) is 23.7. The molecule has 1 aliphatic rings. The summed E-state index contributed by atoms with van der Waals surface area (Å²) in [6.45, 7) is 5.56. The van der Waals surface area contributed by atoms with Crippen LogP contribution in [0.4, 0.5) is 5.82 Å². The van der Waals surface area contributed by atoms with Gasteiger partial charge in [-0.25, -0.2) is 0 Å². The van der Waals surface area contributed by atoms with Crippen molar-refractivity contribution in [2.75, 3.05) is 18.5 Å². The maximum atomic E-state index is 6.15. The number of halogens is 1. The van der Waals surface area contributed by atoms with Crippen LogP contribution < -0.4 is 5.32 Å². The third kappa shape index (κ3) is 2.26. The zero-order valence-corrected chi connectivity index (χ0v) is 11.7. The van der Waals surface area contributed by atoms with Crippen LogP contribution in [-0.4, -0.2) is 38.3 Å². The summed E-state index contributed by atoms with van der Waals surface area (Å²) >= 11 is 6.15. The lowest BCUT2D eigenvalue weighted by atomic mass is 9.95. The van der Waals surface area contributed by atoms with Crippen LogP contribution in [-0.2, 0) is 4.74 Å². The second-order valence-corrected chi connectivity index (χ2v) is 5.55. The Morgan fingerprint density at radius 2 is 2.37 bits per heavy atom. The van der Waals surface area contributed by atoms with Gasteiger partial charge in [0.15, 0.2) is 0 Å². The maximum Gasteiger partial charge on any atom is 0.255 e. The van der Waals surface area contributed by atoms with Crippen molar-refractivity contribution in [2.24, 2.45) is 0 Å². The predicted molar refractivity (Wildman–Crippen MR) is 72.6 cm³/mol. The van der Waals surface area contributed by atoms with Gasteiger partial charge in [0.25, 0.3) is 5.78 Å². The van der Waals surface area contributed by atoms with Gasteiger partial charge >= 0.3 is 0 Å². The van der Waals surface area contributed by atoms with E-state index < -0.39 is 0 Å². The first-order valence-electron chi connectivity index (χ1n) is 6.31. The fourth-order valence-electron chi connectivity index (χ4n) is 2.36. The van der Waals surface area contributed by atoms with E-state index in [1.807, 2.05) is 6.92 Å². The molecule has 0 amide bonds. The first kappa shape index (κ1) is 12.6. The Kier molecular flexibility index (Phi) is 3.06. The summed E-state index contributed by atoms with van der Waals surface area (Å²) in [5.41, 5.74) is 0.749. The molecular formula is C12H16ClN5O. The minimum absolute atomic E-state index is 0.118. The molecule has 6 nitrogen and oxygen atoms in total. The number of hydrogen-bond acceptors (Lipinski definition) is 5. The molecule has 0 saturated carbocycles. The highest BCUT2D eigenvalue weighted by molar-refractivity contribution is 6.30. The Labute approximate surface area is 116 Å². The Bertz CT molecular complexity index is 605. The molecule has 3 heterocycles. The van der Waals surface area contributed by atoms with E-state index in [0.29, 0.717) is 17.5 Å². The largest absolute Gasteiger partial charge is 0.379 e. The number of nitrogens with one attached hydrogen (secondary N) is 1. The summed E-state index contributed by atoms with van der Waals surface area (Å²) in [4.78, 5) is 8.28. The van der Waals surface area contributed by atoms with Gasteiger partial charge < -0.3 is 10.1 Å². The Balaban J connectivity index is 2.03. The monoisotopic (exact) mass is 281 g/mol. The van der Waals surface area contributed by atoms with Crippen molar-refractivity contribution in [3.63, 3.8) is 0 Å². The Morgan fingerprint density at radius 1 is 1.53 bits per heavy atom. The molecule has 2 aromatic rings. The van der Waals surface area contributed by atoms with Gasteiger partial charge in [-0.2, -0.15) is 19.6 Å². The van der Waals surface area contributed by atoms with Gasteiger partial charge in [0.2, 0.25) is 0 Å². The second kappa shape index (κ2) is 4.61. The molecule has 1 unspecified atom stereocenters. The van der Waals surface area contributed by atoms with Crippen LogP contribution >= 0.6 is 11.6 Å². The number of aromatic nitrogens is 4. The smallest absolute Gasteiger partial charge is 0.255 e. The lowest BCUT2D eigenvalue weighted by Crippen LogP contribution is -2.43. The number of rotatable bonds is 2. The molecule has 0 bridgehead atoms. The molecule has 2 aromatic heterocycles. The highest BCUT2D eigenvalue weighted by Crippen LogP contribution is 2.28. The van der Waals surface area contributed by atoms with Gasteiger partial charge in [-0.1, -0.05) is 11.6 Å². The average Bonchev–Trinajstić information content (AvgIpc) is 2.83. The molecule has 1 saturated heterocycles. The first-order chi connectivity index (χ1) is 9.09. The number of fused-ring (bicyclic) bond motifs is 1. The SMILES string of the molecule is Cc1c(Cl)nc2ncnn2c1NC1(C)CCCOC1. The van der Waals surface area contributed by atoms with Crippen molar-refractivity contribution < 1.29 is 4.74 Å². The van der Waals surface area contributed by atoms with E-state index in [2.05, 4.69) is 27.3 Å². The average molecular weight is 282 g/mol. The van der Waals surface area contributed by atoms with Gasteiger partial charge in [-0.05, 0) is 26.7 Å². The summed E-state index contributed by atoms with van der Waals surface area (Å²) in [7, 11) is 0. The molecule has 0 aromatic carbocycles. The number of nitrogens with zero attached hydrogens (tertiary/aromatic N) is 4. The van der Waals surface area contributed by atoms with E-state index in [-0.39, 0.29) is 5.54 Å². The third-order valence-electron chi connectivity index (χ3n) is 3.46. The highest BCUT2D eigenvalue weighted by atomic mass is 35.5. The molecule has 0 aliphatic carbocycles. The van der Waals surface area contributed by atoms with Crippen LogP contribution in [0, 0.1) is 6.92 Å². The lowest BCUT2D eigenvalue weighted by molar-refractivity contribution is 0.0538. The maximum absolute atomic E-state index is 6.15. The minimum atomic E-state index is -0.118. The van der Waals surface area contributed by atoms with E-state index >= 15 is 0 Å². The number of hydrogen-bond donors (Lipinski definition) is 1. The van der Waals surface area contributed by atoms with E-state index in [1.165, 1.54) is 6.33 Å². The van der Waals surface area contributed by atoms with Gasteiger partial charge in [0, 0.05) is 12.2 Å². The van der Waals surface area contributed by atoms with Crippen molar-refractivity contribution in [3.05, 3.63) is 17.0 Å². The molecular weight excluding hydrogens is 266 g/mol. The fourth-order valence-corrected chi connectivity index (χ4v) is 2.53. The third-order valence-corrected chi connectivity index (χ3v) is 3.83. The molecule has 3 rings (SSSR count). The zero-order chi connectivity index (χ0) is 13.5. The van der Waals surface area contributed by atoms with Crippen LogP contribution in [0.2, 0.25) is 5.15 Å². The van der Waals surface area contributed by atoms with Gasteiger partial charge in [-0.3, -0.25) is 0 Å². The summed E-state index contributed by atoms with van der Waals surface area (Å²) < 4.78 is 7.25. The molecule has 1 fully saturated rings. The van der Waals surface area contributed by atoms with Gasteiger partial charge in [-0.15, -0.1) is 0 Å². The minimum Gasteiger partial charge on any atom is -0.379 e. The summed E-state index contributed by atoms with van der Waals surface area (Å²) in [5.74, 6) is 1.33. The molecule has 7 heteroatoms. The molecule has 0 spiro atoms. The van der Waals surface area contributed by atoms with E-state index in [1.54, 1.807) is 4.52 Å². The van der Waals surface area contributed by atoms with Crippen molar-refractivity contribution >= 4 is 23.2 Å². The fraction of sp³-hybridized carbons (Fsp3) is 0.583. The van der Waals surface area contributed by atoms with Crippen LogP contribution in [0.5, 0.6) is 0 Å². The van der Waals surface area contributed by atoms with E-state index in [4.69, 9.17) is 16.3 Å². The van der Waals surface area contributed by atoms with Crippen LogP contribution in [0.3, 0.4) is 0 Å². The molecule has 102 valence electrons. The lowest BCUT2D eigenvalue weighted by Gasteiger charge is -2.35. The van der Waals surface area contributed by atoms with Crippen LogP contribution in [0.1, 0.15) is 25.3 Å². The Hall–Kier alpha value is -1.40. The predicted octanol–water partition coefficient (Wildman–Crippen LogP) is 2.07. The number of anilines is 1. The molecule has 1 N–H and O–H groups in total. The topological polar surface area (TPSA) is 64.3 Å². The summed E-state index contributed by atoms with van der Waals surface area (Å²) in [6, 6.07) is 0. The molecule has 1 atom stereocenters. The van der Waals surface area contributed by atoms with Crippen molar-refractivity contribution in [2.45, 2.75) is 32.2 Å². The van der Waals surface area contributed by atoms with Crippen molar-refractivity contribution in [1.82, 2.24) is 19.6 Å². The summed E-state index contributed by atoms with van der Waals surface area (Å²) in [5, 5.41) is 8.15. The standard InChI is InChI=1S/C12H16ClN5O/c1-8-9(13)16-11-14-7-15-18(11)10(8)17-12(2)4-3-5-19-6-12/h7,17H,3-6H2,1-2H3. The van der Waals surface area contributed by atoms with Crippen LogP contribution in [0.25, 0.3) is 5.78 Å².